The molecular formula is C27H24BrClN4O6. The molecule has 0 radical (unpaired) electrons. The normalized spacial score (nSPS) is 10.4. The Hall–Kier alpha value is -4.35. The van der Waals surface area contributed by atoms with E-state index in [0.29, 0.717) is 44.5 Å². The van der Waals surface area contributed by atoms with E-state index in [1.807, 2.05) is 0 Å². The number of amides is 3. The van der Waals surface area contributed by atoms with E-state index in [9.17, 15) is 14.4 Å². The van der Waals surface area contributed by atoms with Crippen molar-refractivity contribution in [1.29, 1.82) is 0 Å². The van der Waals surface area contributed by atoms with Crippen molar-refractivity contribution in [3.63, 3.8) is 0 Å². The molecule has 10 nitrogen and oxygen atoms in total. The number of hydrogen-bond donors (Lipinski definition) is 3. The van der Waals surface area contributed by atoms with Crippen molar-refractivity contribution in [2.75, 3.05) is 31.0 Å². The van der Waals surface area contributed by atoms with Crippen LogP contribution in [0.3, 0.4) is 0 Å². The minimum Gasteiger partial charge on any atom is -0.493 e. The summed E-state index contributed by atoms with van der Waals surface area (Å²) in [4.78, 5) is 36.6. The Morgan fingerprint density at radius 2 is 1.77 bits per heavy atom. The molecule has 3 amide bonds. The number of carbonyl (C=O) groups excluding carboxylic acids is 3. The highest BCUT2D eigenvalue weighted by Crippen LogP contribution is 2.36. The Balaban J connectivity index is 1.55. The van der Waals surface area contributed by atoms with E-state index in [4.69, 9.17) is 25.8 Å². The summed E-state index contributed by atoms with van der Waals surface area (Å²) in [5.41, 5.74) is 3.56. The van der Waals surface area contributed by atoms with Gasteiger partial charge in [-0.05, 0) is 70.0 Å². The third kappa shape index (κ3) is 8.87. The number of anilines is 2. The molecule has 0 bridgehead atoms. The van der Waals surface area contributed by atoms with Gasteiger partial charge in [0.2, 0.25) is 0 Å². The van der Waals surface area contributed by atoms with Crippen molar-refractivity contribution in [1.82, 2.24) is 5.43 Å². The average molecular weight is 616 g/mol. The molecule has 0 atom stereocenters. The topological polar surface area (TPSA) is 127 Å². The molecule has 0 saturated heterocycles. The highest BCUT2D eigenvalue weighted by atomic mass is 79.9. The second-order valence-electron chi connectivity index (χ2n) is 7.63. The minimum absolute atomic E-state index is 0.285. The Kier molecular flexibility index (Phi) is 10.9. The van der Waals surface area contributed by atoms with Gasteiger partial charge in [0.15, 0.2) is 18.1 Å². The van der Waals surface area contributed by atoms with E-state index in [-0.39, 0.29) is 12.4 Å². The van der Waals surface area contributed by atoms with Crippen molar-refractivity contribution >= 4 is 62.8 Å². The van der Waals surface area contributed by atoms with Gasteiger partial charge in [0.05, 0.1) is 28.5 Å². The molecule has 202 valence electrons. The van der Waals surface area contributed by atoms with Crippen LogP contribution in [-0.2, 0) is 14.4 Å². The minimum atomic E-state index is -0.964. The molecular weight excluding hydrogens is 592 g/mol. The van der Waals surface area contributed by atoms with Crippen LogP contribution in [0.5, 0.6) is 17.2 Å². The van der Waals surface area contributed by atoms with E-state index in [0.717, 1.165) is 0 Å². The average Bonchev–Trinajstić information content (AvgIpc) is 2.93. The number of methoxy groups -OCH3 is 1. The molecule has 0 heterocycles. The summed E-state index contributed by atoms with van der Waals surface area (Å²) in [5.74, 6) is -1.09. The van der Waals surface area contributed by atoms with E-state index >= 15 is 0 Å². The van der Waals surface area contributed by atoms with Crippen LogP contribution in [0.1, 0.15) is 5.56 Å². The first-order valence-electron chi connectivity index (χ1n) is 11.3. The van der Waals surface area contributed by atoms with Gasteiger partial charge in [0.1, 0.15) is 12.4 Å². The summed E-state index contributed by atoms with van der Waals surface area (Å²) in [6, 6.07) is 16.5. The number of nitrogens with zero attached hydrogens (tertiary/aromatic N) is 1. The Morgan fingerprint density at radius 3 is 2.46 bits per heavy atom. The summed E-state index contributed by atoms with van der Waals surface area (Å²) in [6.45, 7) is 3.62. The molecule has 3 rings (SSSR count). The number of rotatable bonds is 11. The molecule has 0 saturated carbocycles. The number of ether oxygens (including phenoxy) is 3. The molecule has 3 aromatic carbocycles. The number of benzene rings is 3. The molecule has 0 aromatic heterocycles. The van der Waals surface area contributed by atoms with Crippen molar-refractivity contribution in [3.8, 4) is 17.2 Å². The van der Waals surface area contributed by atoms with Crippen molar-refractivity contribution in [2.45, 2.75) is 0 Å². The summed E-state index contributed by atoms with van der Waals surface area (Å²) in [7, 11) is 1.43. The lowest BCUT2D eigenvalue weighted by Gasteiger charge is -2.14. The predicted octanol–water partition coefficient (Wildman–Crippen LogP) is 4.78. The maximum Gasteiger partial charge on any atom is 0.329 e. The monoisotopic (exact) mass is 614 g/mol. The van der Waals surface area contributed by atoms with Crippen molar-refractivity contribution in [2.24, 2.45) is 5.10 Å². The fourth-order valence-corrected chi connectivity index (χ4v) is 3.79. The van der Waals surface area contributed by atoms with Crippen molar-refractivity contribution < 1.29 is 28.6 Å². The van der Waals surface area contributed by atoms with E-state index in [2.05, 4.69) is 43.7 Å². The zero-order chi connectivity index (χ0) is 28.2. The number of halogens is 2. The van der Waals surface area contributed by atoms with Crippen LogP contribution in [0.15, 0.2) is 82.9 Å². The Morgan fingerprint density at radius 1 is 1.03 bits per heavy atom. The number of para-hydroxylation sites is 1. The van der Waals surface area contributed by atoms with Gasteiger partial charge in [-0.2, -0.15) is 5.10 Å². The third-order valence-electron chi connectivity index (χ3n) is 4.81. The van der Waals surface area contributed by atoms with Crippen LogP contribution in [0.25, 0.3) is 0 Å². The summed E-state index contributed by atoms with van der Waals surface area (Å²) < 4.78 is 16.8. The zero-order valence-corrected chi connectivity index (χ0v) is 23.0. The SMILES string of the molecule is C=CCOc1ccc(NC(=O)C(=O)N/N=C\c2cc(Br)c(OCC(=O)Nc3ccccc3Cl)c(OC)c2)cc1. The second kappa shape index (κ2) is 14.6. The number of hydrazone groups is 1. The first-order valence-corrected chi connectivity index (χ1v) is 12.5. The predicted molar refractivity (Wildman–Crippen MR) is 153 cm³/mol. The van der Waals surface area contributed by atoms with Crippen LogP contribution in [0.4, 0.5) is 11.4 Å². The fourth-order valence-electron chi connectivity index (χ4n) is 3.03. The van der Waals surface area contributed by atoms with E-state index in [1.165, 1.54) is 13.3 Å². The highest BCUT2D eigenvalue weighted by molar-refractivity contribution is 9.10. The lowest BCUT2D eigenvalue weighted by atomic mass is 10.2. The van der Waals surface area contributed by atoms with Gasteiger partial charge in [0.25, 0.3) is 5.91 Å². The molecule has 0 unspecified atom stereocenters. The quantitative estimate of drug-likeness (QED) is 0.123. The molecule has 12 heteroatoms. The maximum atomic E-state index is 12.3. The van der Waals surface area contributed by atoms with Crippen LogP contribution in [0.2, 0.25) is 5.02 Å². The maximum absolute atomic E-state index is 12.3. The molecule has 3 N–H and O–H groups in total. The fraction of sp³-hybridized carbons (Fsp3) is 0.111. The summed E-state index contributed by atoms with van der Waals surface area (Å²) in [6.07, 6.45) is 2.93. The Bertz CT molecular complexity index is 1380. The van der Waals surface area contributed by atoms with Gasteiger partial charge in [-0.3, -0.25) is 14.4 Å². The number of carbonyl (C=O) groups is 3. The zero-order valence-electron chi connectivity index (χ0n) is 20.7. The molecule has 3 aromatic rings. The van der Waals surface area contributed by atoms with Gasteiger partial charge >= 0.3 is 11.8 Å². The smallest absolute Gasteiger partial charge is 0.329 e. The van der Waals surface area contributed by atoms with Crippen LogP contribution in [-0.4, -0.2) is 44.3 Å². The largest absolute Gasteiger partial charge is 0.493 e. The van der Waals surface area contributed by atoms with Crippen LogP contribution in [0, 0.1) is 0 Å². The van der Waals surface area contributed by atoms with Gasteiger partial charge in [-0.1, -0.05) is 36.4 Å². The van der Waals surface area contributed by atoms with Crippen molar-refractivity contribution in [3.05, 3.63) is 88.4 Å². The second-order valence-corrected chi connectivity index (χ2v) is 8.89. The number of nitrogens with one attached hydrogen (secondary N) is 3. The van der Waals surface area contributed by atoms with Crippen LogP contribution >= 0.6 is 27.5 Å². The molecule has 39 heavy (non-hydrogen) atoms. The van der Waals surface area contributed by atoms with Gasteiger partial charge in [0, 0.05) is 5.69 Å². The standard InChI is InChI=1S/C27H24BrClN4O6/c1-3-12-38-19-10-8-18(9-11-19)31-26(35)27(36)33-30-15-17-13-20(28)25(23(14-17)37-2)39-16-24(34)32-22-7-5-4-6-21(22)29/h3-11,13-15H,1,12,16H2,2H3,(H,31,35)(H,32,34)(H,33,36)/b30-15-. The van der Waals surface area contributed by atoms with Gasteiger partial charge in [-0.15, -0.1) is 0 Å². The molecule has 0 aliphatic heterocycles. The lowest BCUT2D eigenvalue weighted by Crippen LogP contribution is -2.32. The van der Waals surface area contributed by atoms with Crippen LogP contribution < -0.4 is 30.3 Å². The highest BCUT2D eigenvalue weighted by Gasteiger charge is 2.15. The Labute approximate surface area is 238 Å². The van der Waals surface area contributed by atoms with E-state index in [1.54, 1.807) is 66.7 Å². The summed E-state index contributed by atoms with van der Waals surface area (Å²) in [5, 5.41) is 9.35. The van der Waals surface area contributed by atoms with Gasteiger partial charge in [-0.25, -0.2) is 5.43 Å². The van der Waals surface area contributed by atoms with E-state index < -0.39 is 17.7 Å². The lowest BCUT2D eigenvalue weighted by molar-refractivity contribution is -0.136. The molecule has 0 aliphatic carbocycles. The molecule has 0 fully saturated rings. The first kappa shape index (κ1) is 29.2. The summed E-state index contributed by atoms with van der Waals surface area (Å²) >= 11 is 9.44. The van der Waals surface area contributed by atoms with Gasteiger partial charge < -0.3 is 24.8 Å². The first-order chi connectivity index (χ1) is 18.8. The molecule has 0 spiro atoms. The number of hydrogen-bond acceptors (Lipinski definition) is 7. The molecule has 0 aliphatic rings. The third-order valence-corrected chi connectivity index (χ3v) is 5.73.